The highest BCUT2D eigenvalue weighted by Crippen LogP contribution is 2.54. The van der Waals surface area contributed by atoms with Gasteiger partial charge in [0.1, 0.15) is 5.58 Å². The molecule has 9 aromatic carbocycles. The van der Waals surface area contributed by atoms with E-state index in [4.69, 9.17) is 4.42 Å². The van der Waals surface area contributed by atoms with Crippen LogP contribution in [0.25, 0.3) is 60.0 Å². The number of nitrogens with zero attached hydrogens (tertiary/aromatic N) is 2. The van der Waals surface area contributed by atoms with Crippen LogP contribution >= 0.6 is 0 Å². The summed E-state index contributed by atoms with van der Waals surface area (Å²) in [5, 5.41) is 8.84. The Morgan fingerprint density at radius 1 is 0.529 bits per heavy atom. The molecule has 0 radical (unpaired) electrons. The molecule has 2 aliphatic carbocycles. The lowest BCUT2D eigenvalue weighted by Gasteiger charge is -2.47. The van der Waals surface area contributed by atoms with Gasteiger partial charge < -0.3 is 14.2 Å². The Morgan fingerprint density at radius 2 is 1.14 bits per heavy atom. The fraction of sp³-hybridized carbons (Fsp3) is 0.182. The summed E-state index contributed by atoms with van der Waals surface area (Å²) in [6.07, 6.45) is 9.23. The summed E-state index contributed by atoms with van der Waals surface area (Å²) in [4.78, 5) is 5.28. The third-order valence-corrected chi connectivity index (χ3v) is 17.3. The van der Waals surface area contributed by atoms with Gasteiger partial charge in [-0.2, -0.15) is 0 Å². The molecule has 70 heavy (non-hydrogen) atoms. The first kappa shape index (κ1) is 41.4. The zero-order valence-corrected chi connectivity index (χ0v) is 40.8. The van der Waals surface area contributed by atoms with Gasteiger partial charge >= 0.3 is 0 Å². The van der Waals surface area contributed by atoms with Crippen molar-refractivity contribution in [2.24, 2.45) is 0 Å². The highest BCUT2D eigenvalue weighted by Gasteiger charge is 2.50. The Labute approximate surface area is 411 Å². The average molecular weight is 903 g/mol. The van der Waals surface area contributed by atoms with Crippen molar-refractivity contribution >= 4 is 101 Å². The molecule has 0 amide bonds. The molecule has 10 aromatic rings. The van der Waals surface area contributed by atoms with Gasteiger partial charge in [0.25, 0.3) is 6.71 Å². The number of hydrogen-bond acceptors (Lipinski definition) is 3. The predicted molar refractivity (Wildman–Crippen MR) is 299 cm³/mol. The monoisotopic (exact) mass is 902 g/mol. The zero-order valence-electron chi connectivity index (χ0n) is 40.8. The van der Waals surface area contributed by atoms with Crippen LogP contribution in [0.5, 0.6) is 0 Å². The number of anilines is 5. The molecule has 14 rings (SSSR count). The molecule has 0 fully saturated rings. The van der Waals surface area contributed by atoms with Gasteiger partial charge in [-0.3, -0.25) is 0 Å². The van der Waals surface area contributed by atoms with Crippen LogP contribution in [0, 0.1) is 0 Å². The van der Waals surface area contributed by atoms with Gasteiger partial charge in [0.05, 0.1) is 17.4 Å². The second kappa shape index (κ2) is 15.0. The number of fused-ring (bicyclic) bond motifs is 18. The standard InChI is InChI=1S/C66H55BN2O/c1-7-65(3,4)40-32-36-60-54(37-40)63-64(70-60)67-55-38-41(66(5,6)8-2)31-35-56(55)68(42-33-34-50-45-21-10-9-19-43(45)44-20-12-14-25-49(44)53(50)39-42)58-29-18-30-59(62(58)67)69(63)57-28-17-27-52-48-23-13-11-22-46(48)47-24-15-16-26-51(47)61(52)57/h9-39,57,61H,7-8H2,1-6H3. The molecule has 0 spiro atoms. The van der Waals surface area contributed by atoms with Crippen molar-refractivity contribution in [1.82, 2.24) is 0 Å². The molecule has 2 atom stereocenters. The first-order valence-electron chi connectivity index (χ1n) is 25.5. The minimum Gasteiger partial charge on any atom is -0.468 e. The first-order chi connectivity index (χ1) is 34.1. The Morgan fingerprint density at radius 3 is 1.87 bits per heavy atom. The molecule has 2 aliphatic heterocycles. The van der Waals surface area contributed by atoms with Gasteiger partial charge in [0.2, 0.25) is 0 Å². The Bertz CT molecular complexity index is 3890. The molecule has 2 unspecified atom stereocenters. The van der Waals surface area contributed by atoms with Crippen LogP contribution in [0.3, 0.4) is 0 Å². The van der Waals surface area contributed by atoms with E-state index in [0.717, 1.165) is 29.8 Å². The number of benzene rings is 9. The molecule has 338 valence electrons. The quantitative estimate of drug-likeness (QED) is 0.122. The summed E-state index contributed by atoms with van der Waals surface area (Å²) in [7, 11) is 0. The van der Waals surface area contributed by atoms with E-state index in [-0.39, 0.29) is 29.5 Å². The largest absolute Gasteiger partial charge is 0.468 e. The molecule has 3 heterocycles. The topological polar surface area (TPSA) is 19.6 Å². The van der Waals surface area contributed by atoms with Crippen molar-refractivity contribution in [3.05, 3.63) is 210 Å². The van der Waals surface area contributed by atoms with Crippen LogP contribution in [-0.2, 0) is 10.8 Å². The van der Waals surface area contributed by atoms with Gasteiger partial charge in [-0.25, -0.2) is 0 Å². The van der Waals surface area contributed by atoms with Crippen molar-refractivity contribution in [3.8, 4) is 11.1 Å². The van der Waals surface area contributed by atoms with Crippen molar-refractivity contribution < 1.29 is 4.42 Å². The van der Waals surface area contributed by atoms with Crippen LogP contribution in [0.1, 0.15) is 82.6 Å². The fourth-order valence-corrected chi connectivity index (χ4v) is 12.8. The lowest BCUT2D eigenvalue weighted by atomic mass is 9.35. The van der Waals surface area contributed by atoms with Crippen molar-refractivity contribution in [2.45, 2.75) is 77.2 Å². The minimum absolute atomic E-state index is 0.00830. The molecule has 0 saturated heterocycles. The molecular formula is C66H55BN2O. The first-order valence-corrected chi connectivity index (χ1v) is 25.5. The summed E-state index contributed by atoms with van der Waals surface area (Å²) in [5.74, 6) is 0.0732. The molecule has 4 heteroatoms. The summed E-state index contributed by atoms with van der Waals surface area (Å²) >= 11 is 0. The summed E-state index contributed by atoms with van der Waals surface area (Å²) < 4.78 is 7.52. The number of rotatable bonds is 6. The van der Waals surface area contributed by atoms with Gasteiger partial charge in [0.15, 0.2) is 0 Å². The van der Waals surface area contributed by atoms with Gasteiger partial charge in [-0.05, 0) is 148 Å². The lowest BCUT2D eigenvalue weighted by Crippen LogP contribution is -2.62. The molecule has 4 aliphatic rings. The van der Waals surface area contributed by atoms with Crippen LogP contribution in [0.15, 0.2) is 193 Å². The molecule has 0 bridgehead atoms. The maximum atomic E-state index is 7.52. The highest BCUT2D eigenvalue weighted by atomic mass is 16.3. The summed E-state index contributed by atoms with van der Waals surface area (Å²) in [6.45, 7) is 14.0. The molecule has 0 N–H and O–H groups in total. The molecule has 3 nitrogen and oxygen atoms in total. The molecular weight excluding hydrogens is 848 g/mol. The van der Waals surface area contributed by atoms with Crippen molar-refractivity contribution in [1.29, 1.82) is 0 Å². The highest BCUT2D eigenvalue weighted by molar-refractivity contribution is 6.99. The normalized spacial score (nSPS) is 16.8. The Balaban J connectivity index is 1.07. The fourth-order valence-electron chi connectivity index (χ4n) is 12.8. The maximum absolute atomic E-state index is 7.52. The summed E-state index contributed by atoms with van der Waals surface area (Å²) in [5.41, 5.74) is 19.8. The minimum atomic E-state index is -0.140. The average Bonchev–Trinajstić information content (AvgIpc) is 3.79. The van der Waals surface area contributed by atoms with E-state index in [1.807, 2.05) is 0 Å². The van der Waals surface area contributed by atoms with E-state index in [9.17, 15) is 0 Å². The van der Waals surface area contributed by atoms with E-state index in [0.29, 0.717) is 0 Å². The van der Waals surface area contributed by atoms with E-state index < -0.39 is 0 Å². The van der Waals surface area contributed by atoms with Gasteiger partial charge in [-0.15, -0.1) is 0 Å². The second-order valence-corrected chi connectivity index (χ2v) is 21.6. The Kier molecular flexibility index (Phi) is 8.86. The molecule has 0 saturated carbocycles. The van der Waals surface area contributed by atoms with E-state index in [1.165, 1.54) is 110 Å². The van der Waals surface area contributed by atoms with Crippen LogP contribution in [0.2, 0.25) is 0 Å². The number of hydrogen-bond donors (Lipinski definition) is 0. The van der Waals surface area contributed by atoms with Crippen LogP contribution < -0.4 is 26.4 Å². The second-order valence-electron chi connectivity index (χ2n) is 21.6. The van der Waals surface area contributed by atoms with Crippen molar-refractivity contribution in [3.63, 3.8) is 0 Å². The SMILES string of the molecule is CCC(C)(C)c1ccc2c(c1)B1c3oc4ccc(C(C)(C)CC)cc4c3N(C3C=CC=C4c5ccccc5-c5ccccc5C43)c3cccc(c31)N2c1ccc2c3ccccc3c3ccccc3c2c1. The van der Waals surface area contributed by atoms with Gasteiger partial charge in [0, 0.05) is 34.1 Å². The van der Waals surface area contributed by atoms with Crippen LogP contribution in [-0.4, -0.2) is 12.8 Å². The van der Waals surface area contributed by atoms with Gasteiger partial charge in [-0.1, -0.05) is 187 Å². The molecule has 1 aromatic heterocycles. The third kappa shape index (κ3) is 5.71. The Hall–Kier alpha value is -7.56. The zero-order chi connectivity index (χ0) is 47.2. The summed E-state index contributed by atoms with van der Waals surface area (Å²) in [6, 6.07) is 64.6. The third-order valence-electron chi connectivity index (χ3n) is 17.3. The maximum Gasteiger partial charge on any atom is 0.297 e. The van der Waals surface area contributed by atoms with E-state index >= 15 is 0 Å². The number of furan rings is 1. The smallest absolute Gasteiger partial charge is 0.297 e. The van der Waals surface area contributed by atoms with E-state index in [1.54, 1.807) is 0 Å². The lowest BCUT2D eigenvalue weighted by molar-refractivity contribution is 0.506. The van der Waals surface area contributed by atoms with E-state index in [2.05, 4.69) is 239 Å². The van der Waals surface area contributed by atoms with Crippen molar-refractivity contribution in [2.75, 3.05) is 9.80 Å². The van der Waals surface area contributed by atoms with Crippen LogP contribution in [0.4, 0.5) is 28.4 Å². The number of allylic oxidation sites excluding steroid dienone is 2. The predicted octanol–water partition coefficient (Wildman–Crippen LogP) is 15.8.